The Hall–Kier alpha value is -1.16. The number of rotatable bonds is 4. The normalized spacial score (nSPS) is 24.3. The van der Waals surface area contributed by atoms with Crippen LogP contribution in [-0.2, 0) is 11.2 Å². The molecule has 0 radical (unpaired) electrons. The molecule has 1 amide bonds. The summed E-state index contributed by atoms with van der Waals surface area (Å²) < 4.78 is 12.9. The van der Waals surface area contributed by atoms with Crippen molar-refractivity contribution in [3.05, 3.63) is 16.8 Å². The summed E-state index contributed by atoms with van der Waals surface area (Å²) in [6.45, 7) is 5.64. The number of nitrogens with one attached hydrogen (secondary N) is 1. The molecule has 1 atom stereocenters. The monoisotopic (exact) mass is 529 g/mol. The molecule has 0 spiro atoms. The predicted molar refractivity (Wildman–Crippen MR) is 123 cm³/mol. The molecule has 1 saturated carbocycles. The van der Waals surface area contributed by atoms with Crippen molar-refractivity contribution in [2.75, 3.05) is 4.43 Å². The van der Waals surface area contributed by atoms with Crippen molar-refractivity contribution in [1.82, 2.24) is 15.3 Å². The fourth-order valence-electron chi connectivity index (χ4n) is 4.24. The second kappa shape index (κ2) is 8.53. The summed E-state index contributed by atoms with van der Waals surface area (Å²) in [5.74, 6) is 1.33. The molecule has 1 N–H and O–H groups in total. The highest BCUT2D eigenvalue weighted by Gasteiger charge is 2.31. The first-order valence-corrected chi connectivity index (χ1v) is 12.7. The molecule has 158 valence electrons. The molecule has 29 heavy (non-hydrogen) atoms. The van der Waals surface area contributed by atoms with E-state index in [4.69, 9.17) is 9.47 Å². The molecule has 0 saturated heterocycles. The summed E-state index contributed by atoms with van der Waals surface area (Å²) >= 11 is 4.28. The van der Waals surface area contributed by atoms with Gasteiger partial charge in [-0.2, -0.15) is 0 Å². The Kier molecular flexibility index (Phi) is 6.20. The van der Waals surface area contributed by atoms with Crippen LogP contribution in [0.5, 0.6) is 5.88 Å². The second-order valence-electron chi connectivity index (χ2n) is 8.93. The maximum Gasteiger partial charge on any atom is 0.407 e. The van der Waals surface area contributed by atoms with Gasteiger partial charge in [0.2, 0.25) is 5.88 Å². The summed E-state index contributed by atoms with van der Waals surface area (Å²) in [6.07, 6.45) is 7.34. The van der Waals surface area contributed by atoms with Crippen molar-refractivity contribution in [2.45, 2.75) is 83.0 Å². The number of aromatic nitrogens is 2. The molecule has 0 bridgehead atoms. The molecular weight excluding hydrogens is 501 g/mol. The summed E-state index contributed by atoms with van der Waals surface area (Å²) in [5, 5.41) is 4.13. The van der Waals surface area contributed by atoms with Gasteiger partial charge in [-0.05, 0) is 70.8 Å². The van der Waals surface area contributed by atoms with E-state index in [2.05, 4.69) is 37.9 Å². The molecule has 8 heteroatoms. The minimum Gasteiger partial charge on any atom is -0.474 e. The maximum absolute atomic E-state index is 12.0. The van der Waals surface area contributed by atoms with E-state index in [9.17, 15) is 4.79 Å². The van der Waals surface area contributed by atoms with Gasteiger partial charge in [0, 0.05) is 15.3 Å². The highest BCUT2D eigenvalue weighted by Crippen LogP contribution is 2.46. The van der Waals surface area contributed by atoms with E-state index in [1.165, 1.54) is 16.9 Å². The van der Waals surface area contributed by atoms with Crippen LogP contribution in [0.15, 0.2) is 6.33 Å². The maximum atomic E-state index is 12.0. The zero-order valence-corrected chi connectivity index (χ0v) is 20.1. The first-order chi connectivity index (χ1) is 13.8. The van der Waals surface area contributed by atoms with E-state index in [0.29, 0.717) is 5.92 Å². The van der Waals surface area contributed by atoms with E-state index < -0.39 is 5.60 Å². The Morgan fingerprint density at radius 1 is 1.24 bits per heavy atom. The standard InChI is InChI=1S/C21H28IN3O3S/c1-21(2,3)28-20(26)25-13-5-7-14(8-6-13)27-18-17-16-12(10-22)4-9-15(16)29-19(17)24-11-23-18/h11-14H,4-10H2,1-3H3,(H,25,26)/t12-,13-,14-/m1/s1. The van der Waals surface area contributed by atoms with Crippen LogP contribution in [0, 0.1) is 0 Å². The number of thiophene rings is 1. The topological polar surface area (TPSA) is 73.3 Å². The van der Waals surface area contributed by atoms with E-state index >= 15 is 0 Å². The molecule has 1 fully saturated rings. The van der Waals surface area contributed by atoms with Gasteiger partial charge < -0.3 is 14.8 Å². The molecular formula is C21H28IN3O3S. The van der Waals surface area contributed by atoms with Crippen LogP contribution >= 0.6 is 33.9 Å². The zero-order chi connectivity index (χ0) is 20.6. The van der Waals surface area contributed by atoms with Crippen molar-refractivity contribution < 1.29 is 14.3 Å². The highest BCUT2D eigenvalue weighted by molar-refractivity contribution is 14.1. The van der Waals surface area contributed by atoms with E-state index in [1.54, 1.807) is 17.7 Å². The summed E-state index contributed by atoms with van der Waals surface area (Å²) in [4.78, 5) is 23.5. The minimum atomic E-state index is -0.473. The van der Waals surface area contributed by atoms with Crippen LogP contribution in [0.1, 0.15) is 69.2 Å². The first-order valence-electron chi connectivity index (χ1n) is 10.3. The number of hydrogen-bond donors (Lipinski definition) is 1. The smallest absolute Gasteiger partial charge is 0.407 e. The summed E-state index contributed by atoms with van der Waals surface area (Å²) in [7, 11) is 0. The molecule has 2 aromatic rings. The third-order valence-corrected chi connectivity index (χ3v) is 7.79. The molecule has 2 heterocycles. The molecule has 2 aromatic heterocycles. The van der Waals surface area contributed by atoms with Gasteiger partial charge in [-0.25, -0.2) is 14.8 Å². The van der Waals surface area contributed by atoms with Crippen molar-refractivity contribution in [3.8, 4) is 5.88 Å². The van der Waals surface area contributed by atoms with Gasteiger partial charge in [0.25, 0.3) is 0 Å². The van der Waals surface area contributed by atoms with E-state index in [1.807, 2.05) is 20.8 Å². The fraction of sp³-hybridized carbons (Fsp3) is 0.667. The SMILES string of the molecule is CC(C)(C)OC(=O)N[C@H]1CC[C@H](Oc2ncnc3sc4c(c23)[C@@H](CI)CC4)CC1. The second-order valence-corrected chi connectivity index (χ2v) is 10.9. The van der Waals surface area contributed by atoms with Gasteiger partial charge in [-0.15, -0.1) is 11.3 Å². The average Bonchev–Trinajstić information content (AvgIpc) is 3.20. The number of halogens is 1. The van der Waals surface area contributed by atoms with Crippen LogP contribution < -0.4 is 10.1 Å². The lowest BCUT2D eigenvalue weighted by atomic mass is 9.93. The lowest BCUT2D eigenvalue weighted by Gasteiger charge is -2.30. The third kappa shape index (κ3) is 4.78. The average molecular weight is 529 g/mol. The number of amides is 1. The summed E-state index contributed by atoms with van der Waals surface area (Å²) in [5.41, 5.74) is 0.953. The lowest BCUT2D eigenvalue weighted by molar-refractivity contribution is 0.0470. The Morgan fingerprint density at radius 2 is 2.00 bits per heavy atom. The van der Waals surface area contributed by atoms with Gasteiger partial charge in [-0.3, -0.25) is 0 Å². The quantitative estimate of drug-likeness (QED) is 0.426. The highest BCUT2D eigenvalue weighted by atomic mass is 127. The number of alkyl halides is 1. The number of fused-ring (bicyclic) bond motifs is 3. The number of carbonyl (C=O) groups excluding carboxylic acids is 1. The molecule has 0 unspecified atom stereocenters. The van der Waals surface area contributed by atoms with Crippen molar-refractivity contribution >= 4 is 50.2 Å². The van der Waals surface area contributed by atoms with Crippen LogP contribution in [0.25, 0.3) is 10.2 Å². The molecule has 0 aliphatic heterocycles. The molecule has 0 aromatic carbocycles. The van der Waals surface area contributed by atoms with Gasteiger partial charge in [-0.1, -0.05) is 22.6 Å². The van der Waals surface area contributed by atoms with Crippen LogP contribution in [0.3, 0.4) is 0 Å². The number of nitrogens with zero attached hydrogens (tertiary/aromatic N) is 2. The van der Waals surface area contributed by atoms with Crippen LogP contribution in [-0.4, -0.2) is 38.2 Å². The Balaban J connectivity index is 1.40. The number of aryl methyl sites for hydroxylation is 1. The largest absolute Gasteiger partial charge is 0.474 e. The van der Waals surface area contributed by atoms with Gasteiger partial charge >= 0.3 is 6.09 Å². The number of alkyl carbamates (subject to hydrolysis) is 1. The first kappa shape index (κ1) is 21.1. The Labute approximate surface area is 189 Å². The molecule has 2 aliphatic rings. The van der Waals surface area contributed by atoms with E-state index in [-0.39, 0.29) is 18.2 Å². The van der Waals surface area contributed by atoms with Crippen molar-refractivity contribution in [1.29, 1.82) is 0 Å². The fourth-order valence-corrected chi connectivity index (χ4v) is 6.35. The Bertz CT molecular complexity index is 887. The number of carbonyl (C=O) groups is 1. The van der Waals surface area contributed by atoms with Crippen LogP contribution in [0.4, 0.5) is 4.79 Å². The van der Waals surface area contributed by atoms with Crippen molar-refractivity contribution in [3.63, 3.8) is 0 Å². The van der Waals surface area contributed by atoms with Gasteiger partial charge in [0.15, 0.2) is 0 Å². The van der Waals surface area contributed by atoms with E-state index in [0.717, 1.165) is 52.6 Å². The summed E-state index contributed by atoms with van der Waals surface area (Å²) in [6, 6.07) is 0.143. The minimum absolute atomic E-state index is 0.125. The molecule has 2 aliphatic carbocycles. The van der Waals surface area contributed by atoms with Gasteiger partial charge in [0.1, 0.15) is 22.9 Å². The zero-order valence-electron chi connectivity index (χ0n) is 17.2. The van der Waals surface area contributed by atoms with Gasteiger partial charge in [0.05, 0.1) is 5.39 Å². The van der Waals surface area contributed by atoms with Crippen molar-refractivity contribution in [2.24, 2.45) is 0 Å². The Morgan fingerprint density at radius 3 is 2.69 bits per heavy atom. The third-order valence-electron chi connectivity index (χ3n) is 5.56. The van der Waals surface area contributed by atoms with Crippen LogP contribution in [0.2, 0.25) is 0 Å². The number of hydrogen-bond acceptors (Lipinski definition) is 6. The molecule has 4 rings (SSSR count). The predicted octanol–water partition coefficient (Wildman–Crippen LogP) is 5.37. The number of ether oxygens (including phenoxy) is 2. The molecule has 6 nitrogen and oxygen atoms in total. The lowest BCUT2D eigenvalue weighted by Crippen LogP contribution is -2.42.